The van der Waals surface area contributed by atoms with Gasteiger partial charge in [-0.3, -0.25) is 4.79 Å². The molecule has 0 radical (unpaired) electrons. The lowest BCUT2D eigenvalue weighted by Crippen LogP contribution is -2.15. The molecule has 0 saturated carbocycles. The summed E-state index contributed by atoms with van der Waals surface area (Å²) in [5.74, 6) is 2.43. The van der Waals surface area contributed by atoms with E-state index >= 15 is 0 Å². The Morgan fingerprint density at radius 3 is 2.18 bits per heavy atom. The van der Waals surface area contributed by atoms with Crippen molar-refractivity contribution in [3.05, 3.63) is 41.8 Å². The summed E-state index contributed by atoms with van der Waals surface area (Å²) in [4.78, 5) is 12.5. The second-order valence-corrected chi connectivity index (χ2v) is 5.62. The topological polar surface area (TPSA) is 121 Å². The quantitative estimate of drug-likeness (QED) is 0.632. The fourth-order valence-corrected chi connectivity index (χ4v) is 2.42. The molecule has 0 bridgehead atoms. The maximum atomic E-state index is 12.5. The number of benzene rings is 1. The van der Waals surface area contributed by atoms with Gasteiger partial charge in [-0.05, 0) is 19.1 Å². The van der Waals surface area contributed by atoms with Crippen LogP contribution in [0.15, 0.2) is 34.9 Å². The second kappa shape index (κ2) is 8.25. The van der Waals surface area contributed by atoms with E-state index in [2.05, 4.69) is 26.0 Å². The highest BCUT2D eigenvalue weighted by molar-refractivity contribution is 6.03. The van der Waals surface area contributed by atoms with Gasteiger partial charge >= 0.3 is 0 Å². The Morgan fingerprint density at radius 2 is 1.68 bits per heavy atom. The number of rotatable bonds is 7. The number of anilines is 3. The number of aryl methyl sites for hydroxylation is 1. The van der Waals surface area contributed by atoms with E-state index in [0.717, 1.165) is 0 Å². The molecule has 0 aliphatic heterocycles. The first-order chi connectivity index (χ1) is 13.5. The third-order valence-corrected chi connectivity index (χ3v) is 3.70. The van der Waals surface area contributed by atoms with Crippen LogP contribution in [0.3, 0.4) is 0 Å². The summed E-state index contributed by atoms with van der Waals surface area (Å²) in [6.45, 7) is 1.78. The van der Waals surface area contributed by atoms with Gasteiger partial charge in [-0.25, -0.2) is 0 Å². The summed E-state index contributed by atoms with van der Waals surface area (Å²) < 4.78 is 20.8. The van der Waals surface area contributed by atoms with E-state index in [4.69, 9.17) is 18.7 Å². The zero-order valence-electron chi connectivity index (χ0n) is 15.8. The van der Waals surface area contributed by atoms with E-state index in [1.807, 2.05) is 0 Å². The fraction of sp³-hybridized carbons (Fsp3) is 0.222. The van der Waals surface area contributed by atoms with Crippen LogP contribution in [-0.2, 0) is 0 Å². The Hall–Kier alpha value is -3.82. The van der Waals surface area contributed by atoms with Gasteiger partial charge in [0, 0.05) is 23.9 Å². The highest BCUT2D eigenvalue weighted by Crippen LogP contribution is 2.39. The minimum Gasteiger partial charge on any atom is -0.493 e. The van der Waals surface area contributed by atoms with Crippen LogP contribution in [0.4, 0.5) is 17.3 Å². The summed E-state index contributed by atoms with van der Waals surface area (Å²) in [5, 5.41) is 17.4. The highest BCUT2D eigenvalue weighted by atomic mass is 16.5. The molecule has 2 aromatic heterocycles. The lowest BCUT2D eigenvalue weighted by atomic mass is 10.2. The van der Waals surface area contributed by atoms with E-state index in [1.54, 1.807) is 31.2 Å². The van der Waals surface area contributed by atoms with Crippen molar-refractivity contribution in [3.8, 4) is 17.2 Å². The normalized spacial score (nSPS) is 10.3. The van der Waals surface area contributed by atoms with Crippen molar-refractivity contribution in [1.29, 1.82) is 0 Å². The van der Waals surface area contributed by atoms with Crippen molar-refractivity contribution in [1.82, 2.24) is 15.4 Å². The molecule has 10 heteroatoms. The molecule has 0 aliphatic rings. The Kier molecular flexibility index (Phi) is 5.58. The summed E-state index contributed by atoms with van der Waals surface area (Å²) in [5.41, 5.74) is 0.595. The minimum atomic E-state index is -0.439. The molecule has 0 unspecified atom stereocenters. The third-order valence-electron chi connectivity index (χ3n) is 3.70. The van der Waals surface area contributed by atoms with Gasteiger partial charge in [-0.2, -0.15) is 0 Å². The standard InChI is InChI=1S/C18H19N5O5/c1-10-7-16(23-28-10)20-15-6-5-12(21-22-15)18(24)19-11-8-13(25-2)17(27-4)14(9-11)26-3/h5-9H,1-4H3,(H,19,24)(H,20,22,23). The van der Waals surface area contributed by atoms with Crippen LogP contribution >= 0.6 is 0 Å². The van der Waals surface area contributed by atoms with Gasteiger partial charge in [0.1, 0.15) is 5.76 Å². The summed E-state index contributed by atoms with van der Waals surface area (Å²) in [6.07, 6.45) is 0. The largest absolute Gasteiger partial charge is 0.493 e. The number of nitrogens with zero attached hydrogens (tertiary/aromatic N) is 3. The van der Waals surface area contributed by atoms with Crippen LogP contribution in [-0.4, -0.2) is 42.6 Å². The average molecular weight is 385 g/mol. The van der Waals surface area contributed by atoms with Crippen LogP contribution in [0.5, 0.6) is 17.2 Å². The molecule has 1 amide bonds. The predicted molar refractivity (Wildman–Crippen MR) is 101 cm³/mol. The van der Waals surface area contributed by atoms with Crippen LogP contribution in [0, 0.1) is 6.92 Å². The van der Waals surface area contributed by atoms with Crippen LogP contribution in [0.1, 0.15) is 16.2 Å². The van der Waals surface area contributed by atoms with Crippen LogP contribution in [0.25, 0.3) is 0 Å². The molecule has 1 aromatic carbocycles. The number of hydrogen-bond acceptors (Lipinski definition) is 9. The molecule has 146 valence electrons. The average Bonchev–Trinajstić information content (AvgIpc) is 3.12. The first-order valence-corrected chi connectivity index (χ1v) is 8.19. The first-order valence-electron chi connectivity index (χ1n) is 8.19. The molecule has 3 rings (SSSR count). The number of hydrogen-bond donors (Lipinski definition) is 2. The van der Waals surface area contributed by atoms with Gasteiger partial charge in [-0.1, -0.05) is 5.16 Å². The molecular formula is C18H19N5O5. The van der Waals surface area contributed by atoms with Crippen molar-refractivity contribution in [2.45, 2.75) is 6.92 Å². The van der Waals surface area contributed by atoms with Crippen molar-refractivity contribution in [2.24, 2.45) is 0 Å². The van der Waals surface area contributed by atoms with E-state index in [9.17, 15) is 4.79 Å². The maximum Gasteiger partial charge on any atom is 0.276 e. The summed E-state index contributed by atoms with van der Waals surface area (Å²) in [6, 6.07) is 8.11. The zero-order chi connectivity index (χ0) is 20.1. The highest BCUT2D eigenvalue weighted by Gasteiger charge is 2.16. The Bertz CT molecular complexity index is 946. The molecule has 28 heavy (non-hydrogen) atoms. The molecule has 0 fully saturated rings. The first kappa shape index (κ1) is 19.0. The van der Waals surface area contributed by atoms with Gasteiger partial charge in [0.2, 0.25) is 5.75 Å². The van der Waals surface area contributed by atoms with Gasteiger partial charge in [-0.15, -0.1) is 10.2 Å². The molecule has 10 nitrogen and oxygen atoms in total. The Morgan fingerprint density at radius 1 is 0.964 bits per heavy atom. The summed E-state index contributed by atoms with van der Waals surface area (Å²) >= 11 is 0. The molecule has 0 saturated heterocycles. The number of nitrogens with one attached hydrogen (secondary N) is 2. The Balaban J connectivity index is 1.74. The predicted octanol–water partition coefficient (Wildman–Crippen LogP) is 2.79. The van der Waals surface area contributed by atoms with Gasteiger partial charge in [0.05, 0.1) is 21.3 Å². The molecule has 0 atom stereocenters. The fourth-order valence-electron chi connectivity index (χ4n) is 2.42. The number of carbonyl (C=O) groups is 1. The molecule has 0 aliphatic carbocycles. The molecule has 0 spiro atoms. The van der Waals surface area contributed by atoms with Crippen LogP contribution in [0.2, 0.25) is 0 Å². The number of carbonyl (C=O) groups excluding carboxylic acids is 1. The van der Waals surface area contributed by atoms with E-state index in [1.165, 1.54) is 27.4 Å². The van der Waals surface area contributed by atoms with Gasteiger partial charge in [0.15, 0.2) is 28.8 Å². The monoisotopic (exact) mass is 385 g/mol. The van der Waals surface area contributed by atoms with Crippen molar-refractivity contribution >= 4 is 23.2 Å². The molecule has 2 N–H and O–H groups in total. The zero-order valence-corrected chi connectivity index (χ0v) is 15.8. The number of methoxy groups -OCH3 is 3. The second-order valence-electron chi connectivity index (χ2n) is 5.62. The minimum absolute atomic E-state index is 0.135. The van der Waals surface area contributed by atoms with Gasteiger partial charge < -0.3 is 29.4 Å². The smallest absolute Gasteiger partial charge is 0.276 e. The van der Waals surface area contributed by atoms with Crippen molar-refractivity contribution in [2.75, 3.05) is 32.0 Å². The van der Waals surface area contributed by atoms with E-state index in [0.29, 0.717) is 40.3 Å². The lowest BCUT2D eigenvalue weighted by Gasteiger charge is -2.14. The van der Waals surface area contributed by atoms with E-state index in [-0.39, 0.29) is 5.69 Å². The van der Waals surface area contributed by atoms with Crippen molar-refractivity contribution < 1.29 is 23.5 Å². The number of amides is 1. The summed E-state index contributed by atoms with van der Waals surface area (Å²) in [7, 11) is 4.50. The number of ether oxygens (including phenoxy) is 3. The third kappa shape index (κ3) is 4.11. The molecular weight excluding hydrogens is 366 g/mol. The lowest BCUT2D eigenvalue weighted by molar-refractivity contribution is 0.102. The van der Waals surface area contributed by atoms with Gasteiger partial charge in [0.25, 0.3) is 5.91 Å². The van der Waals surface area contributed by atoms with Crippen molar-refractivity contribution in [3.63, 3.8) is 0 Å². The Labute approximate surface area is 160 Å². The van der Waals surface area contributed by atoms with Crippen LogP contribution < -0.4 is 24.8 Å². The SMILES string of the molecule is COc1cc(NC(=O)c2ccc(Nc3cc(C)on3)nn2)cc(OC)c1OC. The molecule has 3 aromatic rings. The maximum absolute atomic E-state index is 12.5. The van der Waals surface area contributed by atoms with E-state index < -0.39 is 5.91 Å². The number of aromatic nitrogens is 3. The molecule has 2 heterocycles.